The molecule has 0 aromatic carbocycles. The van der Waals surface area contributed by atoms with Crippen LogP contribution in [0.3, 0.4) is 0 Å². The molecular formula is C7H11FO. The Morgan fingerprint density at radius 2 is 2.33 bits per heavy atom. The average molecular weight is 130 g/mol. The Bertz CT molecular complexity index is 90.9. The number of allylic oxidation sites excluding steroid dienone is 1. The Labute approximate surface area is 54.6 Å². The lowest BCUT2D eigenvalue weighted by Gasteiger charge is -1.95. The molecule has 52 valence electrons. The van der Waals surface area contributed by atoms with Crippen LogP contribution < -0.4 is 0 Å². The molecule has 0 aliphatic rings. The van der Waals surface area contributed by atoms with Crippen molar-refractivity contribution in [2.75, 3.05) is 0 Å². The fourth-order valence-electron chi connectivity index (χ4n) is 0.525. The van der Waals surface area contributed by atoms with Gasteiger partial charge in [0.15, 0.2) is 12.5 Å². The van der Waals surface area contributed by atoms with Crippen molar-refractivity contribution < 1.29 is 9.18 Å². The van der Waals surface area contributed by atoms with Crippen LogP contribution in [0.2, 0.25) is 0 Å². The van der Waals surface area contributed by atoms with Gasteiger partial charge in [-0.15, -0.1) is 6.58 Å². The van der Waals surface area contributed by atoms with E-state index in [1.54, 1.807) is 6.08 Å². The molecule has 0 N–H and O–H groups in total. The van der Waals surface area contributed by atoms with E-state index in [0.29, 0.717) is 19.1 Å². The molecule has 0 aliphatic carbocycles. The van der Waals surface area contributed by atoms with Crippen molar-refractivity contribution >= 4 is 6.29 Å². The van der Waals surface area contributed by atoms with Gasteiger partial charge in [-0.3, -0.25) is 0 Å². The highest BCUT2D eigenvalue weighted by molar-refractivity contribution is 5.55. The van der Waals surface area contributed by atoms with E-state index in [2.05, 4.69) is 6.58 Å². The first-order valence-corrected chi connectivity index (χ1v) is 3.01. The average Bonchev–Trinajstić information content (AvgIpc) is 1.89. The van der Waals surface area contributed by atoms with Crippen molar-refractivity contribution in [1.29, 1.82) is 0 Å². The standard InChI is InChI=1S/C7H11FO/c1-2-3-4-5-7(8)6-9/h2,6-7H,1,3-5H2. The lowest BCUT2D eigenvalue weighted by atomic mass is 10.2. The van der Waals surface area contributed by atoms with Crippen molar-refractivity contribution in [3.8, 4) is 0 Å². The van der Waals surface area contributed by atoms with Gasteiger partial charge in [0.25, 0.3) is 0 Å². The summed E-state index contributed by atoms with van der Waals surface area (Å²) in [6.07, 6.45) is 2.61. The number of rotatable bonds is 5. The van der Waals surface area contributed by atoms with E-state index in [1.165, 1.54) is 0 Å². The second kappa shape index (κ2) is 5.48. The van der Waals surface area contributed by atoms with Crippen LogP contribution in [0.25, 0.3) is 0 Å². The molecule has 9 heavy (non-hydrogen) atoms. The van der Waals surface area contributed by atoms with E-state index in [-0.39, 0.29) is 0 Å². The lowest BCUT2D eigenvalue weighted by molar-refractivity contribution is -0.112. The summed E-state index contributed by atoms with van der Waals surface area (Å²) >= 11 is 0. The molecule has 0 amide bonds. The third-order valence-corrected chi connectivity index (χ3v) is 1.04. The maximum Gasteiger partial charge on any atom is 0.155 e. The topological polar surface area (TPSA) is 17.1 Å². The van der Waals surface area contributed by atoms with Crippen LogP contribution in [0.15, 0.2) is 12.7 Å². The fraction of sp³-hybridized carbons (Fsp3) is 0.571. The molecule has 0 aliphatic heterocycles. The van der Waals surface area contributed by atoms with Crippen molar-refractivity contribution in [2.45, 2.75) is 25.4 Å². The van der Waals surface area contributed by atoms with Gasteiger partial charge in [-0.05, 0) is 19.3 Å². The fourth-order valence-corrected chi connectivity index (χ4v) is 0.525. The highest BCUT2D eigenvalue weighted by Crippen LogP contribution is 2.01. The van der Waals surface area contributed by atoms with Gasteiger partial charge in [-0.2, -0.15) is 0 Å². The van der Waals surface area contributed by atoms with Crippen LogP contribution in [-0.4, -0.2) is 12.5 Å². The third kappa shape index (κ3) is 5.21. The van der Waals surface area contributed by atoms with Crippen LogP contribution in [0.4, 0.5) is 4.39 Å². The summed E-state index contributed by atoms with van der Waals surface area (Å²) in [5.74, 6) is 0. The molecule has 1 atom stereocenters. The minimum absolute atomic E-state index is 0.329. The smallest absolute Gasteiger partial charge is 0.155 e. The molecule has 0 fully saturated rings. The Hall–Kier alpha value is -0.660. The molecule has 0 saturated carbocycles. The largest absolute Gasteiger partial charge is 0.300 e. The number of alkyl halides is 1. The zero-order valence-corrected chi connectivity index (χ0v) is 5.35. The van der Waals surface area contributed by atoms with Gasteiger partial charge in [0.2, 0.25) is 0 Å². The predicted molar refractivity (Wildman–Crippen MR) is 35.0 cm³/mol. The van der Waals surface area contributed by atoms with Gasteiger partial charge >= 0.3 is 0 Å². The number of carbonyl (C=O) groups excluding carboxylic acids is 1. The van der Waals surface area contributed by atoms with Crippen LogP contribution >= 0.6 is 0 Å². The quantitative estimate of drug-likeness (QED) is 0.315. The summed E-state index contributed by atoms with van der Waals surface area (Å²) in [5.41, 5.74) is 0. The van der Waals surface area contributed by atoms with Crippen molar-refractivity contribution in [3.05, 3.63) is 12.7 Å². The Balaban J connectivity index is 3.05. The number of aldehydes is 1. The van der Waals surface area contributed by atoms with Crippen LogP contribution in [0.5, 0.6) is 0 Å². The number of halogens is 1. The molecule has 2 heteroatoms. The zero-order chi connectivity index (χ0) is 7.11. The summed E-state index contributed by atoms with van der Waals surface area (Å²) in [4.78, 5) is 9.70. The highest BCUT2D eigenvalue weighted by Gasteiger charge is 2.00. The SMILES string of the molecule is C=CCCCC(F)C=O. The molecule has 0 rings (SSSR count). The summed E-state index contributed by atoms with van der Waals surface area (Å²) in [7, 11) is 0. The van der Waals surface area contributed by atoms with E-state index in [4.69, 9.17) is 0 Å². The first-order chi connectivity index (χ1) is 4.31. The number of unbranched alkanes of at least 4 members (excludes halogenated alkanes) is 1. The van der Waals surface area contributed by atoms with Gasteiger partial charge in [0, 0.05) is 0 Å². The van der Waals surface area contributed by atoms with Crippen molar-refractivity contribution in [1.82, 2.24) is 0 Å². The Kier molecular flexibility index (Phi) is 5.07. The van der Waals surface area contributed by atoms with Crippen LogP contribution in [0, 0.1) is 0 Å². The van der Waals surface area contributed by atoms with Gasteiger partial charge < -0.3 is 4.79 Å². The molecule has 0 radical (unpaired) electrons. The predicted octanol–water partition coefficient (Wildman–Crippen LogP) is 1.88. The number of carbonyl (C=O) groups is 1. The van der Waals surface area contributed by atoms with Crippen molar-refractivity contribution in [2.24, 2.45) is 0 Å². The maximum atomic E-state index is 12.1. The third-order valence-electron chi connectivity index (χ3n) is 1.04. The highest BCUT2D eigenvalue weighted by atomic mass is 19.1. The van der Waals surface area contributed by atoms with E-state index in [9.17, 15) is 9.18 Å². The number of hydrogen-bond acceptors (Lipinski definition) is 1. The number of hydrogen-bond donors (Lipinski definition) is 0. The molecule has 0 spiro atoms. The van der Waals surface area contributed by atoms with Gasteiger partial charge in [0.05, 0.1) is 0 Å². The molecule has 0 aromatic rings. The second-order valence-corrected chi connectivity index (χ2v) is 1.87. The van der Waals surface area contributed by atoms with Crippen LogP contribution in [0.1, 0.15) is 19.3 Å². The van der Waals surface area contributed by atoms with Crippen molar-refractivity contribution in [3.63, 3.8) is 0 Å². The zero-order valence-electron chi connectivity index (χ0n) is 5.35. The minimum Gasteiger partial charge on any atom is -0.300 e. The first-order valence-electron chi connectivity index (χ1n) is 3.01. The Morgan fingerprint density at radius 3 is 2.78 bits per heavy atom. The van der Waals surface area contributed by atoms with Gasteiger partial charge in [-0.1, -0.05) is 6.08 Å². The molecule has 0 bridgehead atoms. The molecule has 0 heterocycles. The molecule has 0 saturated heterocycles. The van der Waals surface area contributed by atoms with Gasteiger partial charge in [0.1, 0.15) is 0 Å². The van der Waals surface area contributed by atoms with E-state index in [0.717, 1.165) is 6.42 Å². The van der Waals surface area contributed by atoms with E-state index in [1.807, 2.05) is 0 Å². The van der Waals surface area contributed by atoms with E-state index >= 15 is 0 Å². The molecular weight excluding hydrogens is 119 g/mol. The summed E-state index contributed by atoms with van der Waals surface area (Å²) in [6, 6.07) is 0. The van der Waals surface area contributed by atoms with Gasteiger partial charge in [-0.25, -0.2) is 4.39 Å². The Morgan fingerprint density at radius 1 is 1.67 bits per heavy atom. The molecule has 0 aromatic heterocycles. The second-order valence-electron chi connectivity index (χ2n) is 1.87. The maximum absolute atomic E-state index is 12.1. The lowest BCUT2D eigenvalue weighted by Crippen LogP contribution is -1.99. The summed E-state index contributed by atoms with van der Waals surface area (Å²) in [5, 5.41) is 0. The normalized spacial score (nSPS) is 12.6. The first kappa shape index (κ1) is 8.34. The molecule has 1 unspecified atom stereocenters. The summed E-state index contributed by atoms with van der Waals surface area (Å²) in [6.45, 7) is 3.47. The van der Waals surface area contributed by atoms with E-state index < -0.39 is 6.17 Å². The minimum atomic E-state index is -1.27. The molecule has 1 nitrogen and oxygen atoms in total. The summed E-state index contributed by atoms with van der Waals surface area (Å²) < 4.78 is 12.1. The van der Waals surface area contributed by atoms with Crippen LogP contribution in [-0.2, 0) is 4.79 Å². The monoisotopic (exact) mass is 130 g/mol.